The van der Waals surface area contributed by atoms with E-state index in [0.29, 0.717) is 22.0 Å². The molecule has 0 aromatic heterocycles. The summed E-state index contributed by atoms with van der Waals surface area (Å²) in [4.78, 5) is 4.61. The summed E-state index contributed by atoms with van der Waals surface area (Å²) < 4.78 is 16.9. The SMILES string of the molecule is COC(OC)[C@]1(C)Oc2ccccc2[C@H](N=C(NC#N)Nc2ccc(Cl)cc2)[C@H]1O. The minimum absolute atomic E-state index is 0.161. The minimum atomic E-state index is -1.25. The van der Waals surface area contributed by atoms with Gasteiger partial charge in [0, 0.05) is 30.5 Å². The Morgan fingerprint density at radius 2 is 1.90 bits per heavy atom. The summed E-state index contributed by atoms with van der Waals surface area (Å²) in [5.41, 5.74) is 0.0954. The van der Waals surface area contributed by atoms with Gasteiger partial charge in [-0.3, -0.25) is 5.32 Å². The highest BCUT2D eigenvalue weighted by molar-refractivity contribution is 6.30. The van der Waals surface area contributed by atoms with Crippen molar-refractivity contribution in [1.29, 1.82) is 5.26 Å². The molecule has 3 atom stereocenters. The van der Waals surface area contributed by atoms with Crippen molar-refractivity contribution >= 4 is 23.2 Å². The molecule has 0 bridgehead atoms. The molecule has 0 radical (unpaired) electrons. The van der Waals surface area contributed by atoms with Gasteiger partial charge in [-0.05, 0) is 37.3 Å². The number of aliphatic hydroxyl groups is 1. The van der Waals surface area contributed by atoms with E-state index in [2.05, 4.69) is 15.6 Å². The van der Waals surface area contributed by atoms with Crippen LogP contribution in [0.1, 0.15) is 18.5 Å². The number of fused-ring (bicyclic) bond motifs is 1. The van der Waals surface area contributed by atoms with Crippen LogP contribution in [-0.2, 0) is 9.47 Å². The average molecular weight is 431 g/mol. The number of guanidine groups is 1. The Morgan fingerprint density at radius 1 is 1.23 bits per heavy atom. The summed E-state index contributed by atoms with van der Waals surface area (Å²) in [5, 5.41) is 26.6. The van der Waals surface area contributed by atoms with Gasteiger partial charge in [0.2, 0.25) is 5.96 Å². The largest absolute Gasteiger partial charge is 0.479 e. The third kappa shape index (κ3) is 4.35. The topological polar surface area (TPSA) is 108 Å². The number of halogens is 1. The molecule has 1 aliphatic rings. The zero-order chi connectivity index (χ0) is 21.7. The molecule has 0 fully saturated rings. The van der Waals surface area contributed by atoms with E-state index in [-0.39, 0.29) is 5.96 Å². The molecular weight excluding hydrogens is 408 g/mol. The van der Waals surface area contributed by atoms with Crippen LogP contribution in [0.3, 0.4) is 0 Å². The Hall–Kier alpha value is -2.83. The summed E-state index contributed by atoms with van der Waals surface area (Å²) in [6, 6.07) is 13.4. The molecule has 0 aliphatic carbocycles. The van der Waals surface area contributed by atoms with Crippen LogP contribution in [0.5, 0.6) is 5.75 Å². The van der Waals surface area contributed by atoms with Crippen LogP contribution in [0.4, 0.5) is 5.69 Å². The maximum absolute atomic E-state index is 11.2. The molecule has 0 unspecified atom stereocenters. The summed E-state index contributed by atoms with van der Waals surface area (Å²) in [6.07, 6.45) is -0.129. The lowest BCUT2D eigenvalue weighted by Gasteiger charge is -2.45. The second-order valence-electron chi connectivity index (χ2n) is 6.86. The Kier molecular flexibility index (Phi) is 6.80. The fraction of sp³-hybridized carbons (Fsp3) is 0.333. The summed E-state index contributed by atoms with van der Waals surface area (Å²) in [5.74, 6) is 0.704. The molecule has 0 amide bonds. The zero-order valence-corrected chi connectivity index (χ0v) is 17.6. The van der Waals surface area contributed by atoms with E-state index in [4.69, 9.17) is 25.8 Å². The number of nitrogens with one attached hydrogen (secondary N) is 2. The van der Waals surface area contributed by atoms with Gasteiger partial charge >= 0.3 is 0 Å². The van der Waals surface area contributed by atoms with Crippen molar-refractivity contribution in [3.63, 3.8) is 0 Å². The second kappa shape index (κ2) is 9.32. The first-order valence-electron chi connectivity index (χ1n) is 9.20. The van der Waals surface area contributed by atoms with Crippen LogP contribution >= 0.6 is 11.6 Å². The second-order valence-corrected chi connectivity index (χ2v) is 7.30. The number of anilines is 1. The van der Waals surface area contributed by atoms with Gasteiger partial charge in [0.15, 0.2) is 18.1 Å². The van der Waals surface area contributed by atoms with Crippen molar-refractivity contribution in [2.75, 3.05) is 19.5 Å². The summed E-state index contributed by atoms with van der Waals surface area (Å²) in [6.45, 7) is 1.69. The fourth-order valence-corrected chi connectivity index (χ4v) is 3.57. The van der Waals surface area contributed by atoms with Crippen LogP contribution < -0.4 is 15.4 Å². The van der Waals surface area contributed by atoms with Crippen LogP contribution in [0.2, 0.25) is 5.02 Å². The maximum atomic E-state index is 11.2. The van der Waals surface area contributed by atoms with Crippen LogP contribution in [0.15, 0.2) is 53.5 Å². The number of rotatable bonds is 5. The Labute approximate surface area is 180 Å². The lowest BCUT2D eigenvalue weighted by atomic mass is 9.85. The number of hydrogen-bond donors (Lipinski definition) is 3. The monoisotopic (exact) mass is 430 g/mol. The molecule has 0 saturated carbocycles. The van der Waals surface area contributed by atoms with Gasteiger partial charge in [-0.25, -0.2) is 4.99 Å². The first-order chi connectivity index (χ1) is 14.4. The third-order valence-corrected chi connectivity index (χ3v) is 5.15. The van der Waals surface area contributed by atoms with Crippen LogP contribution in [-0.4, -0.2) is 43.3 Å². The van der Waals surface area contributed by atoms with Crippen molar-refractivity contribution in [3.8, 4) is 11.9 Å². The van der Waals surface area contributed by atoms with Gasteiger partial charge in [-0.15, -0.1) is 0 Å². The number of aliphatic hydroxyl groups excluding tert-OH is 1. The van der Waals surface area contributed by atoms with E-state index in [1.54, 1.807) is 37.3 Å². The normalized spacial score (nSPS) is 23.3. The third-order valence-electron chi connectivity index (χ3n) is 4.90. The number of nitriles is 1. The zero-order valence-electron chi connectivity index (χ0n) is 16.8. The highest BCUT2D eigenvalue weighted by Crippen LogP contribution is 2.44. The van der Waals surface area contributed by atoms with E-state index in [1.165, 1.54) is 14.2 Å². The van der Waals surface area contributed by atoms with E-state index in [9.17, 15) is 10.4 Å². The molecule has 1 heterocycles. The number of ether oxygens (including phenoxy) is 3. The molecule has 0 spiro atoms. The standard InChI is InChI=1S/C21H23ClN4O4/c1-21(19(28-2)29-3)18(27)17(15-6-4-5-7-16(15)30-21)26-20(24-12-23)25-14-10-8-13(22)9-11-14/h4-11,17-19,27H,1-3H3,(H2,24,25,26)/t17-,18+,21+/m0/s1. The maximum Gasteiger partial charge on any atom is 0.209 e. The molecule has 2 aromatic rings. The highest BCUT2D eigenvalue weighted by atomic mass is 35.5. The van der Waals surface area contributed by atoms with Crippen molar-refractivity contribution in [1.82, 2.24) is 5.32 Å². The van der Waals surface area contributed by atoms with Crippen molar-refractivity contribution in [2.24, 2.45) is 4.99 Å². The van der Waals surface area contributed by atoms with E-state index in [1.807, 2.05) is 24.4 Å². The predicted molar refractivity (Wildman–Crippen MR) is 113 cm³/mol. The molecule has 9 heteroatoms. The molecular formula is C21H23ClN4O4. The summed E-state index contributed by atoms with van der Waals surface area (Å²) in [7, 11) is 2.94. The Bertz CT molecular complexity index is 943. The fourth-order valence-electron chi connectivity index (χ4n) is 3.45. The van der Waals surface area contributed by atoms with Crippen LogP contribution in [0.25, 0.3) is 0 Å². The number of aliphatic imine (C=N–C) groups is 1. The lowest BCUT2D eigenvalue weighted by molar-refractivity contribution is -0.237. The molecule has 8 nitrogen and oxygen atoms in total. The van der Waals surface area contributed by atoms with Crippen molar-refractivity contribution in [3.05, 3.63) is 59.1 Å². The van der Waals surface area contributed by atoms with Gasteiger partial charge in [-0.1, -0.05) is 29.8 Å². The van der Waals surface area contributed by atoms with E-state index >= 15 is 0 Å². The van der Waals surface area contributed by atoms with Crippen LogP contribution in [0, 0.1) is 11.5 Å². The van der Waals surface area contributed by atoms with Gasteiger partial charge in [0.1, 0.15) is 17.9 Å². The lowest BCUT2D eigenvalue weighted by Crippen LogP contribution is -2.59. The van der Waals surface area contributed by atoms with Gasteiger partial charge in [0.25, 0.3) is 0 Å². The number of hydrogen-bond acceptors (Lipinski definition) is 6. The molecule has 30 heavy (non-hydrogen) atoms. The van der Waals surface area contributed by atoms with Gasteiger partial charge < -0.3 is 24.6 Å². The number of para-hydroxylation sites is 1. The summed E-state index contributed by atoms with van der Waals surface area (Å²) >= 11 is 5.93. The van der Waals surface area contributed by atoms with Gasteiger partial charge in [-0.2, -0.15) is 5.26 Å². The smallest absolute Gasteiger partial charge is 0.209 e. The van der Waals surface area contributed by atoms with Gasteiger partial charge in [0.05, 0.1) is 0 Å². The number of benzene rings is 2. The molecule has 158 valence electrons. The first kappa shape index (κ1) is 21.9. The molecule has 2 aromatic carbocycles. The number of methoxy groups -OCH3 is 2. The quantitative estimate of drug-likeness (QED) is 0.220. The molecule has 3 rings (SSSR count). The minimum Gasteiger partial charge on any atom is -0.479 e. The Morgan fingerprint density at radius 3 is 2.53 bits per heavy atom. The van der Waals surface area contributed by atoms with E-state index in [0.717, 1.165) is 0 Å². The average Bonchev–Trinajstić information content (AvgIpc) is 2.74. The predicted octanol–water partition coefficient (Wildman–Crippen LogP) is 3.05. The van der Waals surface area contributed by atoms with Crippen molar-refractivity contribution in [2.45, 2.75) is 31.0 Å². The number of nitrogens with zero attached hydrogens (tertiary/aromatic N) is 2. The van der Waals surface area contributed by atoms with E-state index < -0.39 is 24.0 Å². The molecule has 3 N–H and O–H groups in total. The molecule has 1 aliphatic heterocycles. The van der Waals surface area contributed by atoms with Crippen molar-refractivity contribution < 1.29 is 19.3 Å². The Balaban J connectivity index is 2.03. The molecule has 0 saturated heterocycles. The first-order valence-corrected chi connectivity index (χ1v) is 9.57. The highest BCUT2D eigenvalue weighted by Gasteiger charge is 2.52.